The zero-order valence-corrected chi connectivity index (χ0v) is 21.2. The molecule has 5 fully saturated rings. The fraction of sp³-hybridized carbons (Fsp3) is 0.692. The standard InChI is InChI=1S/C26H34ClN3O3S/c27-20-8-10-21(11-9-20)34(32)24-16-26(24,23-3-1-2-22(30(23)34)19-6-7-19)33-25(31)29-14-12-28(13-15-29)17-18-4-5-18/h8-11,18-19,22-23H,1-7,12-17H2/t22-,23+,26?,34?/m0/s1. The smallest absolute Gasteiger partial charge is 0.410 e. The third-order valence-corrected chi connectivity index (χ3v) is 12.4. The Morgan fingerprint density at radius 1 is 1.03 bits per heavy atom. The minimum Gasteiger partial charge on any atom is -0.435 e. The van der Waals surface area contributed by atoms with Crippen LogP contribution in [0, 0.1) is 11.8 Å². The Morgan fingerprint density at radius 3 is 2.44 bits per heavy atom. The minimum atomic E-state index is -2.57. The number of piperazine rings is 1. The van der Waals surface area contributed by atoms with Crippen molar-refractivity contribution in [1.29, 1.82) is 0 Å². The third-order valence-electron chi connectivity index (χ3n) is 8.96. The number of ether oxygens (including phenoxy) is 1. The fourth-order valence-corrected chi connectivity index (χ4v) is 10.5. The van der Waals surface area contributed by atoms with Crippen LogP contribution in [0.1, 0.15) is 51.4 Å². The molecule has 0 aromatic heterocycles. The third kappa shape index (κ3) is 3.45. The molecule has 0 spiro atoms. The van der Waals surface area contributed by atoms with Gasteiger partial charge >= 0.3 is 6.09 Å². The van der Waals surface area contributed by atoms with Gasteiger partial charge in [-0.2, -0.15) is 0 Å². The second kappa shape index (κ2) is 7.86. The summed E-state index contributed by atoms with van der Waals surface area (Å²) in [6.45, 7) is 4.48. The molecule has 3 heterocycles. The van der Waals surface area contributed by atoms with Gasteiger partial charge < -0.3 is 9.64 Å². The van der Waals surface area contributed by atoms with Crippen molar-refractivity contribution in [2.24, 2.45) is 11.8 Å². The molecule has 3 aliphatic heterocycles. The van der Waals surface area contributed by atoms with Crippen molar-refractivity contribution < 1.29 is 13.7 Å². The number of fused-ring (bicyclic) bond motifs is 3. The molecule has 2 saturated heterocycles. The average molecular weight is 504 g/mol. The Balaban J connectivity index is 1.17. The van der Waals surface area contributed by atoms with E-state index in [0.717, 1.165) is 61.1 Å². The number of benzene rings is 1. The summed E-state index contributed by atoms with van der Waals surface area (Å²) in [5.74, 6) is 1.50. The van der Waals surface area contributed by atoms with E-state index in [4.69, 9.17) is 16.3 Å². The summed E-state index contributed by atoms with van der Waals surface area (Å²) in [5, 5.41) is 0.651. The molecule has 1 amide bonds. The summed E-state index contributed by atoms with van der Waals surface area (Å²) in [7, 11) is -2.57. The predicted molar refractivity (Wildman–Crippen MR) is 133 cm³/mol. The van der Waals surface area contributed by atoms with Gasteiger partial charge in [0.1, 0.15) is 0 Å². The van der Waals surface area contributed by atoms with E-state index < -0.39 is 15.3 Å². The summed E-state index contributed by atoms with van der Waals surface area (Å²) in [6.07, 6.45) is 8.73. The summed E-state index contributed by atoms with van der Waals surface area (Å²) in [5.41, 5.74) is -0.674. The second-order valence-corrected chi connectivity index (χ2v) is 14.2. The van der Waals surface area contributed by atoms with Gasteiger partial charge in [-0.25, -0.2) is 13.3 Å². The van der Waals surface area contributed by atoms with Gasteiger partial charge in [0.2, 0.25) is 0 Å². The van der Waals surface area contributed by atoms with Crippen LogP contribution in [0.25, 0.3) is 0 Å². The zero-order valence-electron chi connectivity index (χ0n) is 19.7. The lowest BCUT2D eigenvalue weighted by Crippen LogP contribution is -2.55. The molecule has 0 radical (unpaired) electrons. The molecule has 0 N–H and O–H groups in total. The van der Waals surface area contributed by atoms with E-state index in [-0.39, 0.29) is 12.1 Å². The maximum Gasteiger partial charge on any atom is 0.410 e. The normalized spacial score (nSPS) is 37.9. The van der Waals surface area contributed by atoms with Gasteiger partial charge in [0.15, 0.2) is 5.60 Å². The SMILES string of the molecule is O=C(OC12CC1=S(=O)(c1ccc(Cl)cc1)N1[C@H](C3CC3)CCC[C@@H]12)N1CCN(CC2CC2)CC1. The number of carbonyl (C=O) groups is 1. The molecule has 2 unspecified atom stereocenters. The number of hydrogen-bond acceptors (Lipinski definition) is 4. The highest BCUT2D eigenvalue weighted by molar-refractivity contribution is 8.01. The Hall–Kier alpha value is -1.28. The van der Waals surface area contributed by atoms with Crippen LogP contribution in [0.3, 0.4) is 0 Å². The molecule has 6 aliphatic rings. The molecule has 184 valence electrons. The van der Waals surface area contributed by atoms with Crippen LogP contribution in [0.2, 0.25) is 5.02 Å². The van der Waals surface area contributed by atoms with Crippen molar-refractivity contribution in [3.8, 4) is 0 Å². The zero-order chi connectivity index (χ0) is 23.1. The monoisotopic (exact) mass is 503 g/mol. The van der Waals surface area contributed by atoms with Crippen molar-refractivity contribution in [3.05, 3.63) is 29.3 Å². The lowest BCUT2D eigenvalue weighted by Gasteiger charge is -2.43. The second-order valence-electron chi connectivity index (χ2n) is 11.3. The maximum absolute atomic E-state index is 14.9. The molecule has 8 heteroatoms. The Labute approximate surface area is 207 Å². The molecule has 6 nitrogen and oxygen atoms in total. The van der Waals surface area contributed by atoms with Gasteiger partial charge in [0.25, 0.3) is 0 Å². The molecular weight excluding hydrogens is 470 g/mol. The van der Waals surface area contributed by atoms with Crippen LogP contribution in [-0.2, 0) is 14.4 Å². The van der Waals surface area contributed by atoms with Crippen LogP contribution < -0.4 is 0 Å². The average Bonchev–Trinajstić information content (AvgIpc) is 3.72. The first-order valence-corrected chi connectivity index (χ1v) is 15.0. The summed E-state index contributed by atoms with van der Waals surface area (Å²) in [6, 6.07) is 7.87. The molecule has 1 aromatic rings. The van der Waals surface area contributed by atoms with Crippen LogP contribution >= 0.6 is 11.6 Å². The number of carbonyl (C=O) groups excluding carboxylic acids is 1. The number of rotatable bonds is 5. The van der Waals surface area contributed by atoms with Gasteiger partial charge in [0.05, 0.1) is 20.6 Å². The maximum atomic E-state index is 14.9. The van der Waals surface area contributed by atoms with Gasteiger partial charge in [-0.05, 0) is 74.6 Å². The molecular formula is C26H34ClN3O3S. The van der Waals surface area contributed by atoms with E-state index in [0.29, 0.717) is 23.4 Å². The number of nitrogens with zero attached hydrogens (tertiary/aromatic N) is 3. The van der Waals surface area contributed by atoms with Crippen molar-refractivity contribution >= 4 is 32.3 Å². The fourth-order valence-electron chi connectivity index (χ4n) is 6.74. The van der Waals surface area contributed by atoms with Crippen LogP contribution in [-0.4, -0.2) is 79.7 Å². The van der Waals surface area contributed by atoms with Crippen LogP contribution in [0.15, 0.2) is 29.2 Å². The number of hydrogen-bond donors (Lipinski definition) is 0. The summed E-state index contributed by atoms with van der Waals surface area (Å²) < 4.78 is 23.6. The lowest BCUT2D eigenvalue weighted by molar-refractivity contribution is 0.000898. The minimum absolute atomic E-state index is 0.0325. The molecule has 34 heavy (non-hydrogen) atoms. The van der Waals surface area contributed by atoms with Crippen molar-refractivity contribution in [2.75, 3.05) is 32.7 Å². The van der Waals surface area contributed by atoms with E-state index in [9.17, 15) is 9.00 Å². The first-order chi connectivity index (χ1) is 16.5. The largest absolute Gasteiger partial charge is 0.435 e. The predicted octanol–water partition coefficient (Wildman–Crippen LogP) is 4.02. The Kier molecular flexibility index (Phi) is 5.08. The molecule has 7 rings (SSSR count). The van der Waals surface area contributed by atoms with E-state index in [2.05, 4.69) is 9.21 Å². The van der Waals surface area contributed by atoms with Crippen LogP contribution in [0.4, 0.5) is 4.79 Å². The summed E-state index contributed by atoms with van der Waals surface area (Å²) in [4.78, 5) is 19.5. The number of amides is 1. The van der Waals surface area contributed by atoms with E-state index in [1.807, 2.05) is 29.2 Å². The van der Waals surface area contributed by atoms with Gasteiger partial charge in [0, 0.05) is 55.1 Å². The molecule has 1 aromatic carbocycles. The topological polar surface area (TPSA) is 53.1 Å². The van der Waals surface area contributed by atoms with Crippen molar-refractivity contribution in [3.63, 3.8) is 0 Å². The van der Waals surface area contributed by atoms with E-state index in [1.54, 1.807) is 0 Å². The molecule has 3 saturated carbocycles. The highest BCUT2D eigenvalue weighted by atomic mass is 35.5. The first kappa shape index (κ1) is 22.0. The molecule has 3 aliphatic carbocycles. The van der Waals surface area contributed by atoms with Crippen molar-refractivity contribution in [1.82, 2.24) is 14.1 Å². The Morgan fingerprint density at radius 2 is 1.76 bits per heavy atom. The molecule has 4 atom stereocenters. The van der Waals surface area contributed by atoms with E-state index in [1.165, 1.54) is 32.2 Å². The Bertz CT molecular complexity index is 1120. The van der Waals surface area contributed by atoms with Crippen LogP contribution in [0.5, 0.6) is 0 Å². The quantitative estimate of drug-likeness (QED) is 0.569. The highest BCUT2D eigenvalue weighted by Gasteiger charge is 2.72. The lowest BCUT2D eigenvalue weighted by atomic mass is 9.91. The van der Waals surface area contributed by atoms with Gasteiger partial charge in [-0.3, -0.25) is 4.90 Å². The number of halogens is 1. The highest BCUT2D eigenvalue weighted by Crippen LogP contribution is 2.58. The first-order valence-electron chi connectivity index (χ1n) is 13.1. The summed E-state index contributed by atoms with van der Waals surface area (Å²) >= 11 is 6.17. The van der Waals surface area contributed by atoms with E-state index >= 15 is 0 Å². The molecule has 0 bridgehead atoms. The van der Waals surface area contributed by atoms with Crippen molar-refractivity contribution in [2.45, 2.75) is 73.9 Å². The number of piperidine rings is 1. The van der Waals surface area contributed by atoms with Gasteiger partial charge in [-0.15, -0.1) is 0 Å². The van der Waals surface area contributed by atoms with Gasteiger partial charge in [-0.1, -0.05) is 18.0 Å².